The van der Waals surface area contributed by atoms with Crippen LogP contribution in [-0.2, 0) is 9.59 Å². The molecule has 4 amide bonds. The Morgan fingerprint density at radius 1 is 0.588 bits per heavy atom. The summed E-state index contributed by atoms with van der Waals surface area (Å²) in [6.45, 7) is 5.38. The smallest absolute Gasteiger partial charge is 0.251 e. The van der Waals surface area contributed by atoms with Crippen molar-refractivity contribution >= 4 is 35.0 Å². The van der Waals surface area contributed by atoms with Crippen LogP contribution in [0, 0.1) is 0 Å². The summed E-state index contributed by atoms with van der Waals surface area (Å²) in [5, 5.41) is 11.1. The zero-order valence-corrected chi connectivity index (χ0v) is 19.9. The Labute approximate surface area is 200 Å². The van der Waals surface area contributed by atoms with Crippen LogP contribution in [0.1, 0.15) is 73.1 Å². The molecule has 8 nitrogen and oxygen atoms in total. The number of carbonyl (C=O) groups excluding carboxylic acids is 4. The van der Waals surface area contributed by atoms with Crippen LogP contribution < -0.4 is 21.3 Å². The first-order chi connectivity index (χ1) is 16.4. The van der Waals surface area contributed by atoms with E-state index in [1.807, 2.05) is 0 Å². The number of benzene rings is 2. The van der Waals surface area contributed by atoms with Crippen molar-refractivity contribution in [2.75, 3.05) is 23.7 Å². The highest BCUT2D eigenvalue weighted by Crippen LogP contribution is 2.12. The van der Waals surface area contributed by atoms with E-state index in [1.165, 1.54) is 0 Å². The monoisotopic (exact) mass is 466 g/mol. The quantitative estimate of drug-likeness (QED) is 0.333. The van der Waals surface area contributed by atoms with E-state index in [1.54, 1.807) is 48.5 Å². The zero-order valence-electron chi connectivity index (χ0n) is 19.9. The number of carbonyl (C=O) groups is 4. The highest BCUT2D eigenvalue weighted by molar-refractivity contribution is 5.98. The fourth-order valence-corrected chi connectivity index (χ4v) is 3.05. The van der Waals surface area contributed by atoms with Gasteiger partial charge in [0.1, 0.15) is 0 Å². The molecule has 2 aromatic carbocycles. The molecule has 182 valence electrons. The van der Waals surface area contributed by atoms with E-state index in [-0.39, 0.29) is 36.5 Å². The molecule has 0 saturated carbocycles. The Morgan fingerprint density at radius 2 is 0.941 bits per heavy atom. The average Bonchev–Trinajstić information content (AvgIpc) is 2.84. The molecule has 0 aliphatic rings. The topological polar surface area (TPSA) is 116 Å². The number of nitrogens with one attached hydrogen (secondary N) is 4. The minimum atomic E-state index is -0.297. The molecule has 2 rings (SSSR count). The minimum Gasteiger partial charge on any atom is -0.352 e. The predicted octanol–water partition coefficient (Wildman–Crippen LogP) is 4.10. The predicted molar refractivity (Wildman–Crippen MR) is 134 cm³/mol. The third-order valence-electron chi connectivity index (χ3n) is 5.07. The second kappa shape index (κ2) is 14.5. The highest BCUT2D eigenvalue weighted by atomic mass is 16.2. The maximum absolute atomic E-state index is 12.2. The molecule has 0 bridgehead atoms. The van der Waals surface area contributed by atoms with Crippen LogP contribution in [-0.4, -0.2) is 36.7 Å². The van der Waals surface area contributed by atoms with E-state index in [0.29, 0.717) is 35.6 Å². The summed E-state index contributed by atoms with van der Waals surface area (Å²) in [5.74, 6) is -0.884. The van der Waals surface area contributed by atoms with Gasteiger partial charge in [-0.1, -0.05) is 26.7 Å². The van der Waals surface area contributed by atoms with E-state index < -0.39 is 0 Å². The first kappa shape index (κ1) is 26.6. The normalized spacial score (nSPS) is 10.3. The van der Waals surface area contributed by atoms with Crippen molar-refractivity contribution in [3.8, 4) is 0 Å². The molecular formula is C26H34N4O4. The molecule has 0 saturated heterocycles. The Morgan fingerprint density at radius 3 is 1.26 bits per heavy atom. The third-order valence-corrected chi connectivity index (χ3v) is 5.07. The molecule has 0 radical (unpaired) electrons. The van der Waals surface area contributed by atoms with Crippen molar-refractivity contribution in [1.82, 2.24) is 10.6 Å². The molecule has 2 aromatic rings. The van der Waals surface area contributed by atoms with Crippen molar-refractivity contribution in [3.05, 3.63) is 59.7 Å². The van der Waals surface area contributed by atoms with Gasteiger partial charge in [0.2, 0.25) is 11.8 Å². The van der Waals surface area contributed by atoms with Gasteiger partial charge in [0.05, 0.1) is 0 Å². The molecule has 0 aliphatic heterocycles. The molecule has 8 heteroatoms. The molecule has 34 heavy (non-hydrogen) atoms. The Hall–Kier alpha value is -3.68. The Kier molecular flexibility index (Phi) is 11.3. The van der Waals surface area contributed by atoms with E-state index in [2.05, 4.69) is 35.1 Å². The number of amides is 4. The van der Waals surface area contributed by atoms with Gasteiger partial charge in [-0.15, -0.1) is 0 Å². The molecular weight excluding hydrogens is 432 g/mol. The minimum absolute atomic E-state index is 0.0169. The van der Waals surface area contributed by atoms with Crippen molar-refractivity contribution < 1.29 is 19.2 Å². The zero-order chi connectivity index (χ0) is 24.8. The van der Waals surface area contributed by atoms with Gasteiger partial charge in [-0.05, 0) is 61.4 Å². The molecule has 0 atom stereocenters. The van der Waals surface area contributed by atoms with Crippen LogP contribution in [0.2, 0.25) is 0 Å². The third kappa shape index (κ3) is 9.44. The van der Waals surface area contributed by atoms with Crippen LogP contribution in [0.3, 0.4) is 0 Å². The largest absolute Gasteiger partial charge is 0.352 e. The summed E-state index contributed by atoms with van der Waals surface area (Å²) in [6.07, 6.45) is 3.90. The van der Waals surface area contributed by atoms with Gasteiger partial charge >= 0.3 is 0 Å². The lowest BCUT2D eigenvalue weighted by Gasteiger charge is -2.09. The highest BCUT2D eigenvalue weighted by Gasteiger charge is 2.10. The molecule has 0 aliphatic carbocycles. The van der Waals surface area contributed by atoms with Gasteiger partial charge in [-0.25, -0.2) is 0 Å². The van der Waals surface area contributed by atoms with E-state index in [4.69, 9.17) is 0 Å². The summed E-state index contributed by atoms with van der Waals surface area (Å²) in [6, 6.07) is 13.2. The van der Waals surface area contributed by atoms with Crippen molar-refractivity contribution in [1.29, 1.82) is 0 Å². The van der Waals surface area contributed by atoms with E-state index >= 15 is 0 Å². The maximum Gasteiger partial charge on any atom is 0.251 e. The molecule has 0 spiro atoms. The molecule has 0 unspecified atom stereocenters. The average molecular weight is 467 g/mol. The SMILES string of the molecule is CCCCNC(=O)c1ccc(NC(=O)CCC(=O)Nc2ccc(C(=O)NCCCC)cc2)cc1. The van der Waals surface area contributed by atoms with Gasteiger partial charge < -0.3 is 21.3 Å². The summed E-state index contributed by atoms with van der Waals surface area (Å²) >= 11 is 0. The lowest BCUT2D eigenvalue weighted by Crippen LogP contribution is -2.24. The molecule has 0 fully saturated rings. The van der Waals surface area contributed by atoms with Crippen molar-refractivity contribution in [3.63, 3.8) is 0 Å². The number of hydrogen-bond acceptors (Lipinski definition) is 4. The second-order valence-electron chi connectivity index (χ2n) is 7.97. The fraction of sp³-hybridized carbons (Fsp3) is 0.385. The number of unbranched alkanes of at least 4 members (excludes halogenated alkanes) is 2. The standard InChI is InChI=1S/C26H34N4O4/c1-3-5-17-27-25(33)19-7-11-21(12-8-19)29-23(31)15-16-24(32)30-22-13-9-20(10-14-22)26(34)28-18-6-4-2/h7-14H,3-6,15-18H2,1-2H3,(H,27,33)(H,28,34)(H,29,31)(H,30,32). The van der Waals surface area contributed by atoms with Crippen LogP contribution in [0.25, 0.3) is 0 Å². The van der Waals surface area contributed by atoms with E-state index in [9.17, 15) is 19.2 Å². The molecule has 0 heterocycles. The molecule has 4 N–H and O–H groups in total. The number of rotatable bonds is 13. The van der Waals surface area contributed by atoms with Crippen molar-refractivity contribution in [2.24, 2.45) is 0 Å². The van der Waals surface area contributed by atoms with Crippen LogP contribution >= 0.6 is 0 Å². The van der Waals surface area contributed by atoms with Gasteiger partial charge in [0, 0.05) is 48.4 Å². The van der Waals surface area contributed by atoms with Crippen LogP contribution in [0.4, 0.5) is 11.4 Å². The summed E-state index contributed by atoms with van der Waals surface area (Å²) in [5.41, 5.74) is 2.17. The Balaban J connectivity index is 1.74. The lowest BCUT2D eigenvalue weighted by atomic mass is 10.1. The second-order valence-corrected chi connectivity index (χ2v) is 7.97. The number of anilines is 2. The summed E-state index contributed by atoms with van der Waals surface area (Å²) in [7, 11) is 0. The first-order valence-electron chi connectivity index (χ1n) is 11.8. The van der Waals surface area contributed by atoms with Gasteiger partial charge in [0.15, 0.2) is 0 Å². The summed E-state index contributed by atoms with van der Waals surface area (Å²) in [4.78, 5) is 48.4. The van der Waals surface area contributed by atoms with E-state index in [0.717, 1.165) is 25.7 Å². The summed E-state index contributed by atoms with van der Waals surface area (Å²) < 4.78 is 0. The van der Waals surface area contributed by atoms with Crippen LogP contribution in [0.5, 0.6) is 0 Å². The maximum atomic E-state index is 12.2. The Bertz CT molecular complexity index is 876. The van der Waals surface area contributed by atoms with Gasteiger partial charge in [-0.3, -0.25) is 19.2 Å². The fourth-order valence-electron chi connectivity index (χ4n) is 3.05. The lowest BCUT2D eigenvalue weighted by molar-refractivity contribution is -0.121. The number of hydrogen-bond donors (Lipinski definition) is 4. The van der Waals surface area contributed by atoms with Crippen LogP contribution in [0.15, 0.2) is 48.5 Å². The van der Waals surface area contributed by atoms with Crippen molar-refractivity contribution in [2.45, 2.75) is 52.4 Å². The van der Waals surface area contributed by atoms with Gasteiger partial charge in [-0.2, -0.15) is 0 Å². The first-order valence-corrected chi connectivity index (χ1v) is 11.8. The van der Waals surface area contributed by atoms with Gasteiger partial charge in [0.25, 0.3) is 11.8 Å². The molecule has 0 aromatic heterocycles.